The van der Waals surface area contributed by atoms with Gasteiger partial charge in [0.1, 0.15) is 5.75 Å². The molecule has 26 heavy (non-hydrogen) atoms. The summed E-state index contributed by atoms with van der Waals surface area (Å²) in [6.45, 7) is 2.15. The fourth-order valence-corrected chi connectivity index (χ4v) is 2.44. The highest BCUT2D eigenvalue weighted by atomic mass is 16.5. The number of carbonyl (C=O) groups is 2. The lowest BCUT2D eigenvalue weighted by Crippen LogP contribution is -2.40. The quantitative estimate of drug-likeness (QED) is 0.763. The molecule has 2 rings (SSSR count). The number of nitrogens with one attached hydrogen (secondary N) is 2. The predicted octanol–water partition coefficient (Wildman–Crippen LogP) is 2.44. The number of hydrogen-bond donors (Lipinski definition) is 2. The van der Waals surface area contributed by atoms with E-state index < -0.39 is 0 Å². The Morgan fingerprint density at radius 2 is 1.85 bits per heavy atom. The van der Waals surface area contributed by atoms with Crippen molar-refractivity contribution < 1.29 is 14.3 Å². The van der Waals surface area contributed by atoms with Gasteiger partial charge >= 0.3 is 0 Å². The molecular weight excluding hydrogens is 330 g/mol. The zero-order valence-corrected chi connectivity index (χ0v) is 15.4. The third-order valence-electron chi connectivity index (χ3n) is 4.02. The molecule has 0 aromatic heterocycles. The highest BCUT2D eigenvalue weighted by Crippen LogP contribution is 2.16. The molecular formula is C20H25N3O3. The zero-order chi connectivity index (χ0) is 18.9. The summed E-state index contributed by atoms with van der Waals surface area (Å²) in [5, 5.41) is 5.94. The SMILES string of the molecule is COc1cccc(NC(=O)CN(C)C(=O)CN[C@@H](C)c2ccccc2)c1. The lowest BCUT2D eigenvalue weighted by Gasteiger charge is -2.19. The van der Waals surface area contributed by atoms with Crippen molar-refractivity contribution >= 4 is 17.5 Å². The Hall–Kier alpha value is -2.86. The van der Waals surface area contributed by atoms with Crippen molar-refractivity contribution in [3.8, 4) is 5.75 Å². The molecule has 2 N–H and O–H groups in total. The molecule has 1 atom stereocenters. The van der Waals surface area contributed by atoms with Crippen molar-refractivity contribution in [2.45, 2.75) is 13.0 Å². The molecule has 0 unspecified atom stereocenters. The second-order valence-electron chi connectivity index (χ2n) is 6.04. The minimum atomic E-state index is -0.259. The Morgan fingerprint density at radius 1 is 1.12 bits per heavy atom. The van der Waals surface area contributed by atoms with Gasteiger partial charge in [-0.25, -0.2) is 0 Å². The monoisotopic (exact) mass is 355 g/mol. The topological polar surface area (TPSA) is 70.7 Å². The van der Waals surface area contributed by atoms with E-state index in [0.29, 0.717) is 11.4 Å². The first-order valence-corrected chi connectivity index (χ1v) is 8.46. The second kappa shape index (κ2) is 9.58. The summed E-state index contributed by atoms with van der Waals surface area (Å²) in [6.07, 6.45) is 0. The van der Waals surface area contributed by atoms with Crippen LogP contribution in [0.25, 0.3) is 0 Å². The Morgan fingerprint density at radius 3 is 2.54 bits per heavy atom. The van der Waals surface area contributed by atoms with Crippen molar-refractivity contribution in [2.24, 2.45) is 0 Å². The molecule has 0 bridgehead atoms. The molecule has 0 saturated heterocycles. The third kappa shape index (κ3) is 5.89. The number of rotatable bonds is 8. The molecule has 0 radical (unpaired) electrons. The van der Waals surface area contributed by atoms with Crippen LogP contribution in [0.15, 0.2) is 54.6 Å². The van der Waals surface area contributed by atoms with Gasteiger partial charge in [-0.05, 0) is 24.6 Å². The average Bonchev–Trinajstić information content (AvgIpc) is 2.66. The van der Waals surface area contributed by atoms with Crippen molar-refractivity contribution in [1.82, 2.24) is 10.2 Å². The minimum Gasteiger partial charge on any atom is -0.497 e. The zero-order valence-electron chi connectivity index (χ0n) is 15.4. The van der Waals surface area contributed by atoms with E-state index in [0.717, 1.165) is 5.56 Å². The molecule has 138 valence electrons. The van der Waals surface area contributed by atoms with Gasteiger partial charge in [0.05, 0.1) is 20.2 Å². The highest BCUT2D eigenvalue weighted by Gasteiger charge is 2.14. The fourth-order valence-electron chi connectivity index (χ4n) is 2.44. The van der Waals surface area contributed by atoms with Gasteiger partial charge in [0.25, 0.3) is 0 Å². The Labute approximate surface area is 154 Å². The number of benzene rings is 2. The number of carbonyl (C=O) groups excluding carboxylic acids is 2. The first kappa shape index (κ1) is 19.5. The van der Waals surface area contributed by atoms with Crippen LogP contribution < -0.4 is 15.4 Å². The van der Waals surface area contributed by atoms with Crippen LogP contribution in [-0.4, -0.2) is 44.0 Å². The molecule has 0 aliphatic carbocycles. The van der Waals surface area contributed by atoms with Crippen LogP contribution in [0.2, 0.25) is 0 Å². The van der Waals surface area contributed by atoms with Gasteiger partial charge in [-0.2, -0.15) is 0 Å². The summed E-state index contributed by atoms with van der Waals surface area (Å²) >= 11 is 0. The average molecular weight is 355 g/mol. The maximum atomic E-state index is 12.2. The molecule has 0 spiro atoms. The molecule has 0 aliphatic heterocycles. The highest BCUT2D eigenvalue weighted by molar-refractivity contribution is 5.94. The molecule has 0 aliphatic rings. The van der Waals surface area contributed by atoms with Crippen LogP contribution in [0.1, 0.15) is 18.5 Å². The number of hydrogen-bond acceptors (Lipinski definition) is 4. The molecule has 6 heteroatoms. The van der Waals surface area contributed by atoms with Crippen LogP contribution in [0.3, 0.4) is 0 Å². The van der Waals surface area contributed by atoms with E-state index in [9.17, 15) is 9.59 Å². The van der Waals surface area contributed by atoms with Crippen LogP contribution in [0.5, 0.6) is 5.75 Å². The lowest BCUT2D eigenvalue weighted by molar-refractivity contribution is -0.132. The van der Waals surface area contributed by atoms with Gasteiger partial charge in [0.15, 0.2) is 0 Å². The van der Waals surface area contributed by atoms with Gasteiger partial charge in [-0.3, -0.25) is 9.59 Å². The Balaban J connectivity index is 1.79. The summed E-state index contributed by atoms with van der Waals surface area (Å²) in [4.78, 5) is 25.8. The summed E-state index contributed by atoms with van der Waals surface area (Å²) in [5.41, 5.74) is 1.74. The van der Waals surface area contributed by atoms with Crippen LogP contribution in [-0.2, 0) is 9.59 Å². The van der Waals surface area contributed by atoms with Crippen LogP contribution in [0.4, 0.5) is 5.69 Å². The third-order valence-corrected chi connectivity index (χ3v) is 4.02. The van der Waals surface area contributed by atoms with Crippen LogP contribution >= 0.6 is 0 Å². The van der Waals surface area contributed by atoms with Gasteiger partial charge in [-0.1, -0.05) is 36.4 Å². The smallest absolute Gasteiger partial charge is 0.243 e. The van der Waals surface area contributed by atoms with E-state index in [1.807, 2.05) is 37.3 Å². The molecule has 2 aromatic rings. The summed E-state index contributed by atoms with van der Waals surface area (Å²) in [5.74, 6) is 0.255. The van der Waals surface area contributed by atoms with Gasteiger partial charge in [0, 0.05) is 24.8 Å². The Bertz CT molecular complexity index is 734. The summed E-state index contributed by atoms with van der Waals surface area (Å²) in [7, 11) is 3.18. The lowest BCUT2D eigenvalue weighted by atomic mass is 10.1. The normalized spacial score (nSPS) is 11.5. The molecule has 2 aromatic carbocycles. The molecule has 6 nitrogen and oxygen atoms in total. The van der Waals surface area contributed by atoms with Crippen molar-refractivity contribution in [2.75, 3.05) is 32.6 Å². The predicted molar refractivity (Wildman–Crippen MR) is 102 cm³/mol. The molecule has 2 amide bonds. The maximum absolute atomic E-state index is 12.2. The molecule has 0 heterocycles. The number of methoxy groups -OCH3 is 1. The molecule has 0 saturated carbocycles. The van der Waals surface area contributed by atoms with Gasteiger partial charge in [0.2, 0.25) is 11.8 Å². The molecule has 0 fully saturated rings. The number of anilines is 1. The van der Waals surface area contributed by atoms with E-state index in [-0.39, 0.29) is 30.9 Å². The number of amides is 2. The van der Waals surface area contributed by atoms with Crippen molar-refractivity contribution in [3.63, 3.8) is 0 Å². The van der Waals surface area contributed by atoms with Crippen molar-refractivity contribution in [1.29, 1.82) is 0 Å². The van der Waals surface area contributed by atoms with E-state index in [1.54, 1.807) is 38.4 Å². The largest absolute Gasteiger partial charge is 0.497 e. The summed E-state index contributed by atoms with van der Waals surface area (Å²) < 4.78 is 5.12. The summed E-state index contributed by atoms with van der Waals surface area (Å²) in [6, 6.07) is 17.0. The standard InChI is InChI=1S/C20H25N3O3/c1-15(16-8-5-4-6-9-16)21-13-20(25)23(2)14-19(24)22-17-10-7-11-18(12-17)26-3/h4-12,15,21H,13-14H2,1-3H3,(H,22,24)/t15-/m0/s1. The van der Waals surface area contributed by atoms with Crippen molar-refractivity contribution in [3.05, 3.63) is 60.2 Å². The minimum absolute atomic E-state index is 0.0164. The first-order chi connectivity index (χ1) is 12.5. The number of nitrogens with zero attached hydrogens (tertiary/aromatic N) is 1. The van der Waals surface area contributed by atoms with E-state index in [2.05, 4.69) is 10.6 Å². The van der Waals surface area contributed by atoms with Crippen LogP contribution in [0, 0.1) is 0 Å². The Kier molecular flexibility index (Phi) is 7.17. The number of likely N-dealkylation sites (N-methyl/N-ethyl adjacent to an activating group) is 1. The van der Waals surface area contributed by atoms with E-state index >= 15 is 0 Å². The van der Waals surface area contributed by atoms with E-state index in [4.69, 9.17) is 4.74 Å². The van der Waals surface area contributed by atoms with E-state index in [1.165, 1.54) is 4.90 Å². The number of ether oxygens (including phenoxy) is 1. The fraction of sp³-hybridized carbons (Fsp3) is 0.300. The van der Waals surface area contributed by atoms with Gasteiger partial charge in [-0.15, -0.1) is 0 Å². The second-order valence-corrected chi connectivity index (χ2v) is 6.04. The van der Waals surface area contributed by atoms with Gasteiger partial charge < -0.3 is 20.3 Å². The maximum Gasteiger partial charge on any atom is 0.243 e. The first-order valence-electron chi connectivity index (χ1n) is 8.46.